The van der Waals surface area contributed by atoms with Crippen LogP contribution in [-0.2, 0) is 9.47 Å². The highest BCUT2D eigenvalue weighted by Gasteiger charge is 2.32. The molecule has 0 N–H and O–H groups in total. The van der Waals surface area contributed by atoms with Gasteiger partial charge in [0.2, 0.25) is 0 Å². The molecule has 0 unspecified atom stereocenters. The Morgan fingerprint density at radius 1 is 1.50 bits per heavy atom. The molecule has 1 fully saturated rings. The summed E-state index contributed by atoms with van der Waals surface area (Å²) in [6, 6.07) is 3.57. The summed E-state index contributed by atoms with van der Waals surface area (Å²) in [4.78, 5) is 18.3. The molecule has 1 aliphatic heterocycles. The maximum absolute atomic E-state index is 12.6. The monoisotopic (exact) mass is 331 g/mol. The van der Waals surface area contributed by atoms with E-state index in [1.807, 2.05) is 19.9 Å². The number of ether oxygens (including phenoxy) is 2. The van der Waals surface area contributed by atoms with Gasteiger partial charge in [0, 0.05) is 31.2 Å². The summed E-state index contributed by atoms with van der Waals surface area (Å²) in [6.45, 7) is 5.46. The van der Waals surface area contributed by atoms with E-state index in [1.165, 1.54) is 4.90 Å². The number of amides is 1. The number of hydrogen-bond acceptors (Lipinski definition) is 6. The van der Waals surface area contributed by atoms with Gasteiger partial charge in [0.15, 0.2) is 5.69 Å². The molecule has 128 valence electrons. The standard InChI is InChI=1S/C16H21N5O3/c1-4-24-15-10-23-9-14(15)21-8-13(18-19-21)16(22)20(3)12-5-6-17-11(2)7-12/h5-8,14-15H,4,9-10H2,1-3H3/t14-,15-/m1/s1. The van der Waals surface area contributed by atoms with Gasteiger partial charge in [-0.2, -0.15) is 0 Å². The highest BCUT2D eigenvalue weighted by atomic mass is 16.5. The van der Waals surface area contributed by atoms with Crippen molar-refractivity contribution in [2.45, 2.75) is 26.0 Å². The highest BCUT2D eigenvalue weighted by molar-refractivity contribution is 6.04. The molecule has 1 saturated heterocycles. The molecule has 3 rings (SSSR count). The molecular weight excluding hydrogens is 310 g/mol. The molecule has 8 heteroatoms. The van der Waals surface area contributed by atoms with E-state index in [4.69, 9.17) is 9.47 Å². The second-order valence-corrected chi connectivity index (χ2v) is 5.70. The zero-order chi connectivity index (χ0) is 17.1. The lowest BCUT2D eigenvalue weighted by Gasteiger charge is -2.17. The van der Waals surface area contributed by atoms with Gasteiger partial charge >= 0.3 is 0 Å². The van der Waals surface area contributed by atoms with E-state index >= 15 is 0 Å². The topological polar surface area (TPSA) is 82.4 Å². The molecule has 1 amide bonds. The van der Waals surface area contributed by atoms with E-state index in [2.05, 4.69) is 15.3 Å². The zero-order valence-electron chi connectivity index (χ0n) is 14.0. The summed E-state index contributed by atoms with van der Waals surface area (Å²) < 4.78 is 12.8. The molecule has 0 aromatic carbocycles. The Kier molecular flexibility index (Phi) is 4.86. The van der Waals surface area contributed by atoms with Crippen molar-refractivity contribution in [3.05, 3.63) is 35.9 Å². The van der Waals surface area contributed by atoms with E-state index in [0.29, 0.717) is 19.8 Å². The quantitative estimate of drug-likeness (QED) is 0.820. The smallest absolute Gasteiger partial charge is 0.280 e. The molecule has 3 heterocycles. The van der Waals surface area contributed by atoms with Crippen LogP contribution in [0.15, 0.2) is 24.5 Å². The Balaban J connectivity index is 1.76. The number of carbonyl (C=O) groups is 1. The van der Waals surface area contributed by atoms with Crippen molar-refractivity contribution in [3.63, 3.8) is 0 Å². The third-order valence-electron chi connectivity index (χ3n) is 4.02. The van der Waals surface area contributed by atoms with Gasteiger partial charge in [-0.15, -0.1) is 5.10 Å². The first kappa shape index (κ1) is 16.5. The van der Waals surface area contributed by atoms with Gasteiger partial charge in [-0.25, -0.2) is 4.68 Å². The van der Waals surface area contributed by atoms with Crippen LogP contribution >= 0.6 is 0 Å². The third kappa shape index (κ3) is 3.29. The molecule has 2 aromatic rings. The van der Waals surface area contributed by atoms with Crippen molar-refractivity contribution in [1.82, 2.24) is 20.0 Å². The molecule has 0 aliphatic carbocycles. The third-order valence-corrected chi connectivity index (χ3v) is 4.02. The molecule has 0 bridgehead atoms. The van der Waals surface area contributed by atoms with E-state index in [-0.39, 0.29) is 23.7 Å². The number of hydrogen-bond donors (Lipinski definition) is 0. The highest BCUT2D eigenvalue weighted by Crippen LogP contribution is 2.22. The summed E-state index contributed by atoms with van der Waals surface area (Å²) in [5.41, 5.74) is 1.89. The molecular formula is C16H21N5O3. The largest absolute Gasteiger partial charge is 0.376 e. The predicted octanol–water partition coefficient (Wildman–Crippen LogP) is 1.23. The van der Waals surface area contributed by atoms with Crippen LogP contribution < -0.4 is 4.90 Å². The van der Waals surface area contributed by atoms with Crippen molar-refractivity contribution < 1.29 is 14.3 Å². The molecule has 0 radical (unpaired) electrons. The minimum atomic E-state index is -0.223. The van der Waals surface area contributed by atoms with Crippen molar-refractivity contribution in [3.8, 4) is 0 Å². The fourth-order valence-electron chi connectivity index (χ4n) is 2.71. The van der Waals surface area contributed by atoms with E-state index in [9.17, 15) is 4.79 Å². The minimum absolute atomic E-state index is 0.0625. The molecule has 2 atom stereocenters. The molecule has 1 aliphatic rings. The molecule has 0 spiro atoms. The van der Waals surface area contributed by atoms with Crippen molar-refractivity contribution in [1.29, 1.82) is 0 Å². The lowest BCUT2D eigenvalue weighted by atomic mass is 10.2. The van der Waals surface area contributed by atoms with Crippen LogP contribution in [0.25, 0.3) is 0 Å². The second kappa shape index (κ2) is 7.06. The van der Waals surface area contributed by atoms with Crippen LogP contribution in [0.4, 0.5) is 5.69 Å². The first-order chi connectivity index (χ1) is 11.6. The fraction of sp³-hybridized carbons (Fsp3) is 0.500. The van der Waals surface area contributed by atoms with Crippen molar-refractivity contribution in [2.24, 2.45) is 0 Å². The zero-order valence-corrected chi connectivity index (χ0v) is 14.0. The number of aromatic nitrogens is 4. The maximum atomic E-state index is 12.6. The number of rotatable bonds is 5. The summed E-state index contributed by atoms with van der Waals surface area (Å²) in [6.07, 6.45) is 3.26. The summed E-state index contributed by atoms with van der Waals surface area (Å²) in [7, 11) is 1.71. The normalized spacial score (nSPS) is 20.3. The number of aryl methyl sites for hydroxylation is 1. The van der Waals surface area contributed by atoms with E-state index in [0.717, 1.165) is 11.4 Å². The van der Waals surface area contributed by atoms with Gasteiger partial charge in [0.1, 0.15) is 12.1 Å². The average Bonchev–Trinajstić information content (AvgIpc) is 3.22. The number of carbonyl (C=O) groups excluding carboxylic acids is 1. The van der Waals surface area contributed by atoms with Gasteiger partial charge in [-0.05, 0) is 26.0 Å². The van der Waals surface area contributed by atoms with Gasteiger partial charge in [-0.3, -0.25) is 9.78 Å². The average molecular weight is 331 g/mol. The Hall–Kier alpha value is -2.32. The fourth-order valence-corrected chi connectivity index (χ4v) is 2.71. The molecule has 24 heavy (non-hydrogen) atoms. The Bertz CT molecular complexity index is 717. The molecule has 0 saturated carbocycles. The van der Waals surface area contributed by atoms with E-state index < -0.39 is 0 Å². The molecule has 2 aromatic heterocycles. The first-order valence-corrected chi connectivity index (χ1v) is 7.92. The Labute approximate surface area is 140 Å². The van der Waals surface area contributed by atoms with Crippen LogP contribution in [0.5, 0.6) is 0 Å². The molecule has 8 nitrogen and oxygen atoms in total. The number of pyridine rings is 1. The minimum Gasteiger partial charge on any atom is -0.376 e. The Morgan fingerprint density at radius 3 is 3.08 bits per heavy atom. The summed E-state index contributed by atoms with van der Waals surface area (Å²) in [5, 5.41) is 8.11. The summed E-state index contributed by atoms with van der Waals surface area (Å²) in [5.74, 6) is -0.223. The number of nitrogens with zero attached hydrogens (tertiary/aromatic N) is 5. The van der Waals surface area contributed by atoms with Gasteiger partial charge in [0.25, 0.3) is 5.91 Å². The predicted molar refractivity (Wildman–Crippen MR) is 87.0 cm³/mol. The van der Waals surface area contributed by atoms with Crippen LogP contribution in [0.1, 0.15) is 29.1 Å². The SMILES string of the molecule is CCO[C@@H]1COC[C@H]1n1cc(C(=O)N(C)c2ccnc(C)c2)nn1. The van der Waals surface area contributed by atoms with Crippen LogP contribution in [0, 0.1) is 6.92 Å². The van der Waals surface area contributed by atoms with Gasteiger partial charge < -0.3 is 14.4 Å². The lowest BCUT2D eigenvalue weighted by molar-refractivity contribution is 0.0340. The van der Waals surface area contributed by atoms with Gasteiger partial charge in [-0.1, -0.05) is 5.21 Å². The van der Waals surface area contributed by atoms with Gasteiger partial charge in [0.05, 0.1) is 19.4 Å². The van der Waals surface area contributed by atoms with Crippen molar-refractivity contribution >= 4 is 11.6 Å². The maximum Gasteiger partial charge on any atom is 0.280 e. The second-order valence-electron chi connectivity index (χ2n) is 5.70. The Morgan fingerprint density at radius 2 is 2.33 bits per heavy atom. The van der Waals surface area contributed by atoms with Crippen molar-refractivity contribution in [2.75, 3.05) is 31.8 Å². The van der Waals surface area contributed by atoms with Crippen LogP contribution in [0.3, 0.4) is 0 Å². The first-order valence-electron chi connectivity index (χ1n) is 7.92. The lowest BCUT2D eigenvalue weighted by Crippen LogP contribution is -2.27. The van der Waals surface area contributed by atoms with Crippen LogP contribution in [-0.4, -0.2) is 58.9 Å². The van der Waals surface area contributed by atoms with E-state index in [1.54, 1.807) is 30.2 Å². The van der Waals surface area contributed by atoms with Crippen LogP contribution in [0.2, 0.25) is 0 Å². The number of anilines is 1. The summed E-state index contributed by atoms with van der Waals surface area (Å²) >= 11 is 0.